The maximum Gasteiger partial charge on any atom is 0.418 e. The van der Waals surface area contributed by atoms with Crippen LogP contribution < -0.4 is 16.4 Å². The molecule has 3 rings (SSSR count). The van der Waals surface area contributed by atoms with E-state index in [1.807, 2.05) is 0 Å². The second-order valence-corrected chi connectivity index (χ2v) is 7.84. The van der Waals surface area contributed by atoms with Gasteiger partial charge in [0.1, 0.15) is 11.5 Å². The van der Waals surface area contributed by atoms with E-state index in [0.717, 1.165) is 25.3 Å². The fraction of sp³-hybridized carbons (Fsp3) is 0.467. The number of guanidine groups is 2. The standard InChI is InChI=1S/C15H15Br2F4N5/c16-7-6-8(18)11(10(17)9(7)15(19,20)21)26-13(23)24-12(22)25-14(26)4-2-1-3-5-14/h6H,1-5H2,(H4,22,23,24,25). The Hall–Kier alpha value is -1.36. The largest absolute Gasteiger partial charge is 0.418 e. The van der Waals surface area contributed by atoms with Gasteiger partial charge in [0, 0.05) is 4.47 Å². The molecule has 0 radical (unpaired) electrons. The average Bonchev–Trinajstić information content (AvgIpc) is 2.48. The number of benzene rings is 1. The second-order valence-electron chi connectivity index (χ2n) is 6.19. The normalized spacial score (nSPS) is 20.2. The quantitative estimate of drug-likeness (QED) is 0.558. The minimum atomic E-state index is -4.70. The van der Waals surface area contributed by atoms with Crippen LogP contribution in [0.4, 0.5) is 23.2 Å². The van der Waals surface area contributed by atoms with E-state index >= 15 is 0 Å². The summed E-state index contributed by atoms with van der Waals surface area (Å²) in [6.45, 7) is 0. The molecule has 0 atom stereocenters. The summed E-state index contributed by atoms with van der Waals surface area (Å²) in [5.41, 5.74) is 9.28. The average molecular weight is 501 g/mol. The van der Waals surface area contributed by atoms with Crippen molar-refractivity contribution in [2.75, 3.05) is 4.90 Å². The van der Waals surface area contributed by atoms with Crippen LogP contribution in [0, 0.1) is 5.82 Å². The third-order valence-electron chi connectivity index (χ3n) is 4.50. The molecule has 1 aliphatic carbocycles. The van der Waals surface area contributed by atoms with Crippen LogP contribution in [0.15, 0.2) is 25.0 Å². The highest BCUT2D eigenvalue weighted by molar-refractivity contribution is 9.11. The molecule has 4 N–H and O–H groups in total. The Morgan fingerprint density at radius 2 is 1.73 bits per heavy atom. The van der Waals surface area contributed by atoms with Gasteiger partial charge < -0.3 is 11.5 Å². The Labute approximate surface area is 163 Å². The van der Waals surface area contributed by atoms with Gasteiger partial charge in [-0.05, 0) is 47.7 Å². The van der Waals surface area contributed by atoms with Gasteiger partial charge >= 0.3 is 6.18 Å². The van der Waals surface area contributed by atoms with Crippen molar-refractivity contribution in [1.82, 2.24) is 0 Å². The van der Waals surface area contributed by atoms with Gasteiger partial charge in [-0.15, -0.1) is 0 Å². The van der Waals surface area contributed by atoms with Crippen LogP contribution in [0.3, 0.4) is 0 Å². The SMILES string of the molecule is NC1=NC2(CCCCC2)N(c2c(F)cc(Br)c(C(F)(F)F)c2Br)C(N)=N1. The maximum absolute atomic E-state index is 14.8. The molecule has 0 amide bonds. The lowest BCUT2D eigenvalue weighted by Gasteiger charge is -2.46. The van der Waals surface area contributed by atoms with Gasteiger partial charge in [0.15, 0.2) is 0 Å². The van der Waals surface area contributed by atoms with Gasteiger partial charge in [0.05, 0.1) is 15.7 Å². The summed E-state index contributed by atoms with van der Waals surface area (Å²) in [5, 5.41) is 0. The van der Waals surface area contributed by atoms with Crippen molar-refractivity contribution < 1.29 is 17.6 Å². The summed E-state index contributed by atoms with van der Waals surface area (Å²) >= 11 is 5.71. The number of hydrogen-bond donors (Lipinski definition) is 2. The number of rotatable bonds is 1. The fourth-order valence-corrected chi connectivity index (χ4v) is 5.18. The van der Waals surface area contributed by atoms with E-state index < -0.39 is 32.2 Å². The summed E-state index contributed by atoms with van der Waals surface area (Å²) in [5.74, 6) is -1.13. The van der Waals surface area contributed by atoms with Crippen molar-refractivity contribution in [3.05, 3.63) is 26.4 Å². The zero-order chi connectivity index (χ0) is 19.3. The molecule has 26 heavy (non-hydrogen) atoms. The Kier molecular flexibility index (Phi) is 4.97. The lowest BCUT2D eigenvalue weighted by molar-refractivity contribution is -0.138. The number of alkyl halides is 3. The van der Waals surface area contributed by atoms with E-state index in [9.17, 15) is 17.6 Å². The monoisotopic (exact) mass is 499 g/mol. The lowest BCUT2D eigenvalue weighted by Crippen LogP contribution is -2.58. The van der Waals surface area contributed by atoms with Gasteiger partial charge in [-0.3, -0.25) is 4.90 Å². The number of hydrogen-bond acceptors (Lipinski definition) is 5. The molecule has 1 aliphatic heterocycles. The first-order chi connectivity index (χ1) is 12.1. The van der Waals surface area contributed by atoms with Crippen LogP contribution in [0.25, 0.3) is 0 Å². The molecular weight excluding hydrogens is 486 g/mol. The first-order valence-corrected chi connectivity index (χ1v) is 9.40. The highest BCUT2D eigenvalue weighted by Gasteiger charge is 2.46. The van der Waals surface area contributed by atoms with E-state index in [2.05, 4.69) is 41.8 Å². The first-order valence-electron chi connectivity index (χ1n) is 7.81. The molecule has 1 aromatic carbocycles. The van der Waals surface area contributed by atoms with Crippen molar-refractivity contribution in [2.45, 2.75) is 43.9 Å². The van der Waals surface area contributed by atoms with Crippen LogP contribution in [-0.4, -0.2) is 17.6 Å². The number of aliphatic imine (C=N–C) groups is 2. The van der Waals surface area contributed by atoms with Gasteiger partial charge in [-0.25, -0.2) is 9.38 Å². The van der Waals surface area contributed by atoms with Crippen LogP contribution in [0.1, 0.15) is 37.7 Å². The van der Waals surface area contributed by atoms with Crippen molar-refractivity contribution in [3.8, 4) is 0 Å². The van der Waals surface area contributed by atoms with E-state index in [1.54, 1.807) is 0 Å². The summed E-state index contributed by atoms with van der Waals surface area (Å²) in [6.07, 6.45) is -1.27. The lowest BCUT2D eigenvalue weighted by atomic mass is 9.87. The molecule has 1 saturated carbocycles. The van der Waals surface area contributed by atoms with E-state index in [1.165, 1.54) is 4.90 Å². The van der Waals surface area contributed by atoms with Gasteiger partial charge in [-0.2, -0.15) is 18.2 Å². The summed E-state index contributed by atoms with van der Waals surface area (Å²) in [6, 6.07) is 0.772. The second kappa shape index (κ2) is 6.66. The molecule has 2 aliphatic rings. The zero-order valence-electron chi connectivity index (χ0n) is 13.4. The topological polar surface area (TPSA) is 80.0 Å². The van der Waals surface area contributed by atoms with Gasteiger partial charge in [0.2, 0.25) is 11.9 Å². The molecule has 1 spiro atoms. The Bertz CT molecular complexity index is 800. The third kappa shape index (κ3) is 3.19. The molecule has 0 saturated heterocycles. The number of nitrogens with zero attached hydrogens (tertiary/aromatic N) is 3. The predicted molar refractivity (Wildman–Crippen MR) is 98.3 cm³/mol. The molecule has 5 nitrogen and oxygen atoms in total. The molecule has 1 fully saturated rings. The zero-order valence-corrected chi connectivity index (χ0v) is 16.5. The maximum atomic E-state index is 14.8. The molecule has 11 heteroatoms. The Balaban J connectivity index is 2.26. The minimum Gasteiger partial charge on any atom is -0.369 e. The van der Waals surface area contributed by atoms with E-state index in [0.29, 0.717) is 12.8 Å². The molecule has 0 aromatic heterocycles. The summed E-state index contributed by atoms with van der Waals surface area (Å²) in [4.78, 5) is 9.44. The number of anilines is 1. The molecule has 0 bridgehead atoms. The van der Waals surface area contributed by atoms with Crippen molar-refractivity contribution >= 4 is 49.5 Å². The third-order valence-corrected chi connectivity index (χ3v) is 5.90. The first kappa shape index (κ1) is 19.4. The van der Waals surface area contributed by atoms with Crippen LogP contribution in [-0.2, 0) is 6.18 Å². The van der Waals surface area contributed by atoms with E-state index in [4.69, 9.17) is 11.5 Å². The van der Waals surface area contributed by atoms with E-state index in [-0.39, 0.29) is 17.6 Å². The summed E-state index contributed by atoms with van der Waals surface area (Å²) < 4.78 is 54.4. The van der Waals surface area contributed by atoms with Crippen LogP contribution in [0.5, 0.6) is 0 Å². The Morgan fingerprint density at radius 3 is 2.31 bits per heavy atom. The predicted octanol–water partition coefficient (Wildman–Crippen LogP) is 4.48. The van der Waals surface area contributed by atoms with Crippen LogP contribution >= 0.6 is 31.9 Å². The summed E-state index contributed by atoms with van der Waals surface area (Å²) in [7, 11) is 0. The highest BCUT2D eigenvalue weighted by Crippen LogP contribution is 2.49. The van der Waals surface area contributed by atoms with Gasteiger partial charge in [0.25, 0.3) is 0 Å². The van der Waals surface area contributed by atoms with Gasteiger partial charge in [-0.1, -0.05) is 22.4 Å². The van der Waals surface area contributed by atoms with Crippen molar-refractivity contribution in [3.63, 3.8) is 0 Å². The smallest absolute Gasteiger partial charge is 0.369 e. The van der Waals surface area contributed by atoms with Crippen LogP contribution in [0.2, 0.25) is 0 Å². The number of halogens is 6. The molecule has 0 unspecified atom stereocenters. The highest BCUT2D eigenvalue weighted by atomic mass is 79.9. The molecule has 142 valence electrons. The number of nitrogens with two attached hydrogens (primary N) is 2. The fourth-order valence-electron chi connectivity index (χ4n) is 3.49. The Morgan fingerprint density at radius 1 is 1.12 bits per heavy atom. The molecule has 1 heterocycles. The molecular formula is C15H15Br2F4N5. The van der Waals surface area contributed by atoms with Crippen molar-refractivity contribution in [2.24, 2.45) is 21.5 Å². The molecule has 1 aromatic rings. The minimum absolute atomic E-state index is 0.0645. The van der Waals surface area contributed by atoms with Crippen molar-refractivity contribution in [1.29, 1.82) is 0 Å².